The Morgan fingerprint density at radius 1 is 1.35 bits per heavy atom. The van der Waals surface area contributed by atoms with Gasteiger partial charge in [0.15, 0.2) is 0 Å². The van der Waals surface area contributed by atoms with Crippen LogP contribution in [-0.2, 0) is 16.0 Å². The monoisotopic (exact) mass is 361 g/mol. The van der Waals surface area contributed by atoms with E-state index in [0.717, 1.165) is 36.8 Å². The number of amides is 3. The Hall–Kier alpha value is -2.28. The van der Waals surface area contributed by atoms with E-state index >= 15 is 0 Å². The van der Waals surface area contributed by atoms with Crippen molar-refractivity contribution in [3.8, 4) is 5.75 Å². The van der Waals surface area contributed by atoms with Gasteiger partial charge in [-0.25, -0.2) is 4.79 Å². The zero-order valence-electron chi connectivity index (χ0n) is 15.2. The quantitative estimate of drug-likeness (QED) is 0.855. The molecule has 7 nitrogen and oxygen atoms in total. The first-order valence-electron chi connectivity index (χ1n) is 9.23. The van der Waals surface area contributed by atoms with E-state index in [1.807, 2.05) is 12.1 Å². The second kappa shape index (κ2) is 8.40. The maximum absolute atomic E-state index is 12.7. The molecular weight excluding hydrogens is 334 g/mol. The van der Waals surface area contributed by atoms with Crippen molar-refractivity contribution in [2.75, 3.05) is 39.9 Å². The molecule has 1 aromatic rings. The van der Waals surface area contributed by atoms with Gasteiger partial charge < -0.3 is 25.0 Å². The lowest BCUT2D eigenvalue weighted by molar-refractivity contribution is -0.131. The van der Waals surface area contributed by atoms with Crippen LogP contribution >= 0.6 is 0 Å². The Morgan fingerprint density at radius 3 is 3.00 bits per heavy atom. The van der Waals surface area contributed by atoms with Gasteiger partial charge in [-0.2, -0.15) is 0 Å². The fraction of sp³-hybridized carbons (Fsp3) is 0.579. The molecule has 0 radical (unpaired) electrons. The van der Waals surface area contributed by atoms with Crippen LogP contribution < -0.4 is 5.32 Å². The third-order valence-electron chi connectivity index (χ3n) is 5.17. The van der Waals surface area contributed by atoms with Crippen LogP contribution in [0.4, 0.5) is 4.79 Å². The Labute approximate surface area is 153 Å². The van der Waals surface area contributed by atoms with Crippen LogP contribution in [0.2, 0.25) is 0 Å². The summed E-state index contributed by atoms with van der Waals surface area (Å²) in [5.41, 5.74) is 1.90. The number of rotatable bonds is 4. The third-order valence-corrected chi connectivity index (χ3v) is 5.17. The maximum Gasteiger partial charge on any atom is 0.318 e. The standard InChI is InChI=1S/C19H27N3O4/c1-26-12-11-21-9-4-10-22(13-18(21)24)19(25)20-16-7-2-6-15-14(16)5-3-8-17(15)23/h3,5,8,16,23H,2,4,6-7,9-13H2,1H3,(H,20,25). The molecule has 1 aromatic carbocycles. The van der Waals surface area contributed by atoms with Crippen LogP contribution in [0, 0.1) is 0 Å². The number of carbonyl (C=O) groups is 2. The topological polar surface area (TPSA) is 82.1 Å². The molecule has 1 unspecified atom stereocenters. The molecule has 0 aromatic heterocycles. The van der Waals surface area contributed by atoms with Gasteiger partial charge in [-0.1, -0.05) is 12.1 Å². The second-order valence-corrected chi connectivity index (χ2v) is 6.89. The summed E-state index contributed by atoms with van der Waals surface area (Å²) in [5.74, 6) is 0.247. The molecule has 26 heavy (non-hydrogen) atoms. The summed E-state index contributed by atoms with van der Waals surface area (Å²) in [4.78, 5) is 28.5. The van der Waals surface area contributed by atoms with Gasteiger partial charge in [-0.05, 0) is 42.9 Å². The molecule has 1 aliphatic carbocycles. The molecule has 7 heteroatoms. The predicted molar refractivity (Wildman–Crippen MR) is 97.0 cm³/mol. The fourth-order valence-corrected chi connectivity index (χ4v) is 3.75. The minimum Gasteiger partial charge on any atom is -0.508 e. The van der Waals surface area contributed by atoms with Crippen molar-refractivity contribution in [1.29, 1.82) is 0 Å². The van der Waals surface area contributed by atoms with Gasteiger partial charge in [-0.15, -0.1) is 0 Å². The van der Waals surface area contributed by atoms with Crippen molar-refractivity contribution in [2.24, 2.45) is 0 Å². The number of urea groups is 1. The van der Waals surface area contributed by atoms with Crippen LogP contribution in [0.1, 0.15) is 36.4 Å². The van der Waals surface area contributed by atoms with Crippen LogP contribution in [0.25, 0.3) is 0 Å². The summed E-state index contributed by atoms with van der Waals surface area (Å²) in [5, 5.41) is 13.1. The summed E-state index contributed by atoms with van der Waals surface area (Å²) >= 11 is 0. The minimum absolute atomic E-state index is 0.0450. The van der Waals surface area contributed by atoms with Crippen molar-refractivity contribution < 1.29 is 19.4 Å². The van der Waals surface area contributed by atoms with E-state index < -0.39 is 0 Å². The average Bonchev–Trinajstić information content (AvgIpc) is 2.82. The van der Waals surface area contributed by atoms with Crippen LogP contribution in [0.15, 0.2) is 18.2 Å². The normalized spacial score (nSPS) is 20.5. The zero-order chi connectivity index (χ0) is 18.5. The lowest BCUT2D eigenvalue weighted by Gasteiger charge is -2.29. The Balaban J connectivity index is 1.64. The fourth-order valence-electron chi connectivity index (χ4n) is 3.75. The molecule has 1 aliphatic heterocycles. The third kappa shape index (κ3) is 4.09. The zero-order valence-corrected chi connectivity index (χ0v) is 15.2. The van der Waals surface area contributed by atoms with Gasteiger partial charge in [0.25, 0.3) is 0 Å². The SMILES string of the molecule is COCCN1CCCN(C(=O)NC2CCCc3c(O)cccc32)CC1=O. The summed E-state index contributed by atoms with van der Waals surface area (Å²) in [6, 6.07) is 5.11. The first-order valence-corrected chi connectivity index (χ1v) is 9.23. The number of hydrogen-bond donors (Lipinski definition) is 2. The van der Waals surface area contributed by atoms with Crippen molar-refractivity contribution in [1.82, 2.24) is 15.1 Å². The van der Waals surface area contributed by atoms with Crippen molar-refractivity contribution in [3.05, 3.63) is 29.3 Å². The summed E-state index contributed by atoms with van der Waals surface area (Å²) < 4.78 is 5.04. The summed E-state index contributed by atoms with van der Waals surface area (Å²) in [6.07, 6.45) is 3.33. The number of nitrogens with one attached hydrogen (secondary N) is 1. The number of phenolic OH excluding ortho intramolecular Hbond substituents is 1. The van der Waals surface area contributed by atoms with Gasteiger partial charge in [0.2, 0.25) is 5.91 Å². The number of aromatic hydroxyl groups is 1. The van der Waals surface area contributed by atoms with Crippen molar-refractivity contribution >= 4 is 11.9 Å². The van der Waals surface area contributed by atoms with E-state index in [-0.39, 0.29) is 24.5 Å². The number of phenols is 1. The van der Waals surface area contributed by atoms with E-state index in [1.165, 1.54) is 0 Å². The number of carbonyl (C=O) groups excluding carboxylic acids is 2. The van der Waals surface area contributed by atoms with Gasteiger partial charge in [-0.3, -0.25) is 4.79 Å². The number of methoxy groups -OCH3 is 1. The highest BCUT2D eigenvalue weighted by molar-refractivity contribution is 5.84. The molecule has 3 rings (SSSR count). The Kier molecular flexibility index (Phi) is 5.98. The predicted octanol–water partition coefficient (Wildman–Crippen LogP) is 1.66. The number of benzene rings is 1. The lowest BCUT2D eigenvalue weighted by Crippen LogP contribution is -2.46. The first-order chi connectivity index (χ1) is 12.6. The average molecular weight is 361 g/mol. The molecule has 1 saturated heterocycles. The number of hydrogen-bond acceptors (Lipinski definition) is 4. The highest BCUT2D eigenvalue weighted by Gasteiger charge is 2.28. The van der Waals surface area contributed by atoms with Crippen LogP contribution in [-0.4, -0.2) is 66.7 Å². The van der Waals surface area contributed by atoms with E-state index in [2.05, 4.69) is 5.32 Å². The van der Waals surface area contributed by atoms with E-state index in [1.54, 1.807) is 23.0 Å². The second-order valence-electron chi connectivity index (χ2n) is 6.89. The smallest absolute Gasteiger partial charge is 0.318 e. The van der Waals surface area contributed by atoms with E-state index in [0.29, 0.717) is 32.0 Å². The Morgan fingerprint density at radius 2 is 2.19 bits per heavy atom. The lowest BCUT2D eigenvalue weighted by atomic mass is 9.87. The summed E-state index contributed by atoms with van der Waals surface area (Å²) in [7, 11) is 1.61. The number of fused-ring (bicyclic) bond motifs is 1. The van der Waals surface area contributed by atoms with E-state index in [9.17, 15) is 14.7 Å². The number of ether oxygens (including phenoxy) is 1. The minimum atomic E-state index is -0.215. The Bertz CT molecular complexity index is 664. The summed E-state index contributed by atoms with van der Waals surface area (Å²) in [6.45, 7) is 2.35. The first kappa shape index (κ1) is 18.5. The maximum atomic E-state index is 12.7. The van der Waals surface area contributed by atoms with Gasteiger partial charge in [0, 0.05) is 26.7 Å². The molecule has 1 atom stereocenters. The highest BCUT2D eigenvalue weighted by Crippen LogP contribution is 2.34. The molecule has 1 fully saturated rings. The molecule has 3 amide bonds. The molecule has 0 spiro atoms. The molecular formula is C19H27N3O4. The molecule has 0 bridgehead atoms. The van der Waals surface area contributed by atoms with Crippen LogP contribution in [0.5, 0.6) is 5.75 Å². The highest BCUT2D eigenvalue weighted by atomic mass is 16.5. The van der Waals surface area contributed by atoms with E-state index in [4.69, 9.17) is 4.74 Å². The van der Waals surface area contributed by atoms with Crippen LogP contribution in [0.3, 0.4) is 0 Å². The van der Waals surface area contributed by atoms with Gasteiger partial charge in [0.05, 0.1) is 12.6 Å². The van der Waals surface area contributed by atoms with Crippen molar-refractivity contribution in [3.63, 3.8) is 0 Å². The van der Waals surface area contributed by atoms with Gasteiger partial charge in [0.1, 0.15) is 12.3 Å². The molecule has 1 heterocycles. The molecule has 2 aliphatic rings. The number of nitrogens with zero attached hydrogens (tertiary/aromatic N) is 2. The molecule has 0 saturated carbocycles. The van der Waals surface area contributed by atoms with Gasteiger partial charge >= 0.3 is 6.03 Å². The largest absolute Gasteiger partial charge is 0.508 e. The molecule has 142 valence electrons. The molecule has 2 N–H and O–H groups in total. The van der Waals surface area contributed by atoms with Crippen molar-refractivity contribution in [2.45, 2.75) is 31.7 Å².